The van der Waals surface area contributed by atoms with Crippen molar-refractivity contribution in [1.29, 1.82) is 0 Å². The van der Waals surface area contributed by atoms with Crippen molar-refractivity contribution in [3.63, 3.8) is 0 Å². The molecular formula is C17H20N4O3S. The Kier molecular flexibility index (Phi) is 5.18. The van der Waals surface area contributed by atoms with Gasteiger partial charge in [0, 0.05) is 12.2 Å². The lowest BCUT2D eigenvalue weighted by atomic mass is 10.3. The van der Waals surface area contributed by atoms with E-state index in [0.29, 0.717) is 28.8 Å². The van der Waals surface area contributed by atoms with Crippen LogP contribution in [0.5, 0.6) is 5.75 Å². The number of fused-ring (bicyclic) bond motifs is 1. The molecule has 7 nitrogen and oxygen atoms in total. The molecule has 0 unspecified atom stereocenters. The predicted molar refractivity (Wildman–Crippen MR) is 97.4 cm³/mol. The fraction of sp³-hybridized carbons (Fsp3) is 0.353. The molecule has 0 saturated carbocycles. The molecular weight excluding hydrogens is 340 g/mol. The minimum absolute atomic E-state index is 0.0525. The summed E-state index contributed by atoms with van der Waals surface area (Å²) >= 11 is 1.34. The van der Waals surface area contributed by atoms with Gasteiger partial charge in [0.2, 0.25) is 0 Å². The largest absolute Gasteiger partial charge is 0.497 e. The van der Waals surface area contributed by atoms with Crippen molar-refractivity contribution < 1.29 is 14.3 Å². The number of rotatable bonds is 6. The number of carbonyl (C=O) groups is 2. The van der Waals surface area contributed by atoms with Gasteiger partial charge in [0.15, 0.2) is 5.13 Å². The summed E-state index contributed by atoms with van der Waals surface area (Å²) in [5.74, 6) is 0.664. The van der Waals surface area contributed by atoms with Gasteiger partial charge in [0.25, 0.3) is 5.91 Å². The molecule has 2 heterocycles. The summed E-state index contributed by atoms with van der Waals surface area (Å²) in [4.78, 5) is 31.3. The lowest BCUT2D eigenvalue weighted by Crippen LogP contribution is -2.25. The first-order chi connectivity index (χ1) is 12.1. The average Bonchev–Trinajstić information content (AvgIpc) is 3.12. The molecule has 25 heavy (non-hydrogen) atoms. The zero-order valence-electron chi connectivity index (χ0n) is 14.2. The molecule has 1 aromatic heterocycles. The average molecular weight is 360 g/mol. The molecule has 2 aromatic rings. The standard InChI is InChI=1S/C17H20N4O3S/c1-3-4-9-21-10-13-14(15(21)22)19-17(25-13)20-16(23)18-11-5-7-12(24-2)8-6-11/h5-8H,3-4,9-10H2,1-2H3,(H2,18,19,20,23). The van der Waals surface area contributed by atoms with Crippen LogP contribution in [-0.2, 0) is 6.54 Å². The summed E-state index contributed by atoms with van der Waals surface area (Å²) in [5, 5.41) is 5.83. The number of methoxy groups -OCH3 is 1. The van der Waals surface area contributed by atoms with E-state index in [-0.39, 0.29) is 5.91 Å². The zero-order valence-corrected chi connectivity index (χ0v) is 15.0. The van der Waals surface area contributed by atoms with Crippen molar-refractivity contribution in [3.8, 4) is 5.75 Å². The van der Waals surface area contributed by atoms with Gasteiger partial charge in [-0.2, -0.15) is 0 Å². The molecule has 132 valence electrons. The fourth-order valence-electron chi connectivity index (χ4n) is 2.54. The van der Waals surface area contributed by atoms with Gasteiger partial charge >= 0.3 is 6.03 Å². The van der Waals surface area contributed by atoms with Gasteiger partial charge in [0.05, 0.1) is 18.5 Å². The minimum atomic E-state index is -0.395. The Hall–Kier alpha value is -2.61. The number of ether oxygens (including phenoxy) is 1. The van der Waals surface area contributed by atoms with Gasteiger partial charge in [-0.3, -0.25) is 10.1 Å². The van der Waals surface area contributed by atoms with Gasteiger partial charge in [0.1, 0.15) is 11.4 Å². The number of thiazole rings is 1. The first kappa shape index (κ1) is 17.2. The Morgan fingerprint density at radius 3 is 2.72 bits per heavy atom. The Labute approximate surface area is 150 Å². The minimum Gasteiger partial charge on any atom is -0.497 e. The normalized spacial score (nSPS) is 12.9. The quantitative estimate of drug-likeness (QED) is 0.825. The molecule has 3 amide bonds. The van der Waals surface area contributed by atoms with Crippen LogP contribution in [-0.4, -0.2) is 35.5 Å². The third-order valence-electron chi connectivity index (χ3n) is 3.87. The lowest BCUT2D eigenvalue weighted by Gasteiger charge is -2.14. The Morgan fingerprint density at radius 1 is 1.32 bits per heavy atom. The molecule has 8 heteroatoms. The number of hydrogen-bond acceptors (Lipinski definition) is 5. The number of urea groups is 1. The third kappa shape index (κ3) is 3.90. The van der Waals surface area contributed by atoms with Crippen molar-refractivity contribution in [2.24, 2.45) is 0 Å². The molecule has 0 atom stereocenters. The van der Waals surface area contributed by atoms with E-state index in [1.165, 1.54) is 11.3 Å². The van der Waals surface area contributed by atoms with Crippen LogP contribution in [0.1, 0.15) is 35.1 Å². The van der Waals surface area contributed by atoms with Crippen LogP contribution in [0.4, 0.5) is 15.6 Å². The van der Waals surface area contributed by atoms with E-state index >= 15 is 0 Å². The van der Waals surface area contributed by atoms with E-state index in [1.807, 2.05) is 0 Å². The van der Waals surface area contributed by atoms with Crippen molar-refractivity contribution in [3.05, 3.63) is 34.8 Å². The monoisotopic (exact) mass is 360 g/mol. The highest BCUT2D eigenvalue weighted by atomic mass is 32.1. The number of benzene rings is 1. The highest BCUT2D eigenvalue weighted by Gasteiger charge is 2.31. The molecule has 1 aliphatic heterocycles. The second-order valence-electron chi connectivity index (χ2n) is 5.68. The smallest absolute Gasteiger partial charge is 0.325 e. The van der Waals surface area contributed by atoms with Crippen molar-refractivity contribution in [2.75, 3.05) is 24.3 Å². The van der Waals surface area contributed by atoms with Gasteiger partial charge in [-0.1, -0.05) is 24.7 Å². The molecule has 0 spiro atoms. The number of hydrogen-bond donors (Lipinski definition) is 2. The van der Waals surface area contributed by atoms with Crippen molar-refractivity contribution in [1.82, 2.24) is 9.88 Å². The summed E-state index contributed by atoms with van der Waals surface area (Å²) in [7, 11) is 1.58. The second-order valence-corrected chi connectivity index (χ2v) is 6.76. The molecule has 0 saturated heterocycles. The topological polar surface area (TPSA) is 83.6 Å². The van der Waals surface area contributed by atoms with E-state index in [2.05, 4.69) is 22.5 Å². The van der Waals surface area contributed by atoms with Crippen LogP contribution in [0.3, 0.4) is 0 Å². The van der Waals surface area contributed by atoms with Gasteiger partial charge in [-0.15, -0.1) is 0 Å². The van der Waals surface area contributed by atoms with Crippen LogP contribution in [0.25, 0.3) is 0 Å². The Balaban J connectivity index is 1.58. The summed E-state index contributed by atoms with van der Waals surface area (Å²) in [6, 6.07) is 6.62. The zero-order chi connectivity index (χ0) is 17.8. The molecule has 1 aromatic carbocycles. The highest BCUT2D eigenvalue weighted by molar-refractivity contribution is 7.16. The predicted octanol–water partition coefficient (Wildman–Crippen LogP) is 3.55. The van der Waals surface area contributed by atoms with Crippen LogP contribution in [0.2, 0.25) is 0 Å². The third-order valence-corrected chi connectivity index (χ3v) is 4.83. The second kappa shape index (κ2) is 7.52. The number of unbranched alkanes of at least 4 members (excludes halogenated alkanes) is 1. The van der Waals surface area contributed by atoms with Gasteiger partial charge in [-0.25, -0.2) is 9.78 Å². The summed E-state index contributed by atoms with van der Waals surface area (Å²) < 4.78 is 5.08. The number of nitrogens with zero attached hydrogens (tertiary/aromatic N) is 2. The molecule has 3 rings (SSSR count). The summed E-state index contributed by atoms with van der Waals surface area (Å²) in [5.41, 5.74) is 1.10. The SMILES string of the molecule is CCCCN1Cc2sc(NC(=O)Nc3ccc(OC)cc3)nc2C1=O. The Morgan fingerprint density at radius 2 is 2.08 bits per heavy atom. The molecule has 0 bridgehead atoms. The van der Waals surface area contributed by atoms with Crippen LogP contribution in [0, 0.1) is 0 Å². The number of aromatic nitrogens is 1. The van der Waals surface area contributed by atoms with E-state index in [0.717, 1.165) is 24.3 Å². The van der Waals surface area contributed by atoms with E-state index in [1.54, 1.807) is 36.3 Å². The molecule has 1 aliphatic rings. The Bertz CT molecular complexity index is 773. The number of carbonyl (C=O) groups excluding carboxylic acids is 2. The van der Waals surface area contributed by atoms with E-state index < -0.39 is 6.03 Å². The maximum absolute atomic E-state index is 12.3. The summed E-state index contributed by atoms with van der Waals surface area (Å²) in [6.45, 7) is 3.42. The number of nitrogens with one attached hydrogen (secondary N) is 2. The van der Waals surface area contributed by atoms with Gasteiger partial charge < -0.3 is 15.0 Å². The lowest BCUT2D eigenvalue weighted by molar-refractivity contribution is 0.0772. The fourth-order valence-corrected chi connectivity index (χ4v) is 3.50. The van der Waals surface area contributed by atoms with Gasteiger partial charge in [-0.05, 0) is 30.7 Å². The molecule has 0 aliphatic carbocycles. The van der Waals surface area contributed by atoms with Crippen molar-refractivity contribution >= 4 is 34.1 Å². The first-order valence-corrected chi connectivity index (χ1v) is 8.93. The maximum Gasteiger partial charge on any atom is 0.325 e. The van der Waals surface area contributed by atoms with E-state index in [4.69, 9.17) is 4.74 Å². The summed E-state index contributed by atoms with van der Waals surface area (Å²) in [6.07, 6.45) is 2.03. The highest BCUT2D eigenvalue weighted by Crippen LogP contribution is 2.31. The molecule has 0 radical (unpaired) electrons. The maximum atomic E-state index is 12.3. The van der Waals surface area contributed by atoms with Crippen LogP contribution >= 0.6 is 11.3 Å². The number of anilines is 2. The van der Waals surface area contributed by atoms with Crippen molar-refractivity contribution in [2.45, 2.75) is 26.3 Å². The number of amides is 3. The molecule has 0 fully saturated rings. The van der Waals surface area contributed by atoms with Crippen LogP contribution < -0.4 is 15.4 Å². The van der Waals surface area contributed by atoms with E-state index in [9.17, 15) is 9.59 Å². The first-order valence-electron chi connectivity index (χ1n) is 8.11. The molecule has 2 N–H and O–H groups in total. The van der Waals surface area contributed by atoms with Crippen LogP contribution in [0.15, 0.2) is 24.3 Å².